The van der Waals surface area contributed by atoms with Crippen LogP contribution in [0.2, 0.25) is 0 Å². The Kier molecular flexibility index (Phi) is 5.14. The van der Waals surface area contributed by atoms with Crippen LogP contribution in [0.1, 0.15) is 0 Å². The fraction of sp³-hybridized carbons (Fsp3) is 0.800. The zero-order chi connectivity index (χ0) is 7.40. The molecule has 0 aromatic rings. The van der Waals surface area contributed by atoms with Gasteiger partial charge in [0.15, 0.2) is 6.10 Å². The van der Waals surface area contributed by atoms with Crippen molar-refractivity contribution in [1.29, 1.82) is 0 Å². The highest BCUT2D eigenvalue weighted by Crippen LogP contribution is 1.99. The zero-order valence-corrected chi connectivity index (χ0v) is 6.73. The molecule has 0 aliphatic carbocycles. The second-order valence-corrected chi connectivity index (χ2v) is 1.94. The average Bonchev–Trinajstić information content (AvgIpc) is 2.05. The van der Waals surface area contributed by atoms with E-state index < -0.39 is 6.10 Å². The summed E-state index contributed by atoms with van der Waals surface area (Å²) in [7, 11) is 0. The van der Waals surface area contributed by atoms with E-state index in [0.717, 1.165) is 0 Å². The number of hydrogen-bond acceptors (Lipinski definition) is 4. The van der Waals surface area contributed by atoms with Crippen LogP contribution in [-0.2, 0) is 14.3 Å². The van der Waals surface area contributed by atoms with Crippen molar-refractivity contribution in [3.05, 3.63) is 0 Å². The Labute approximate surface area is 70.6 Å². The standard InChI is InChI=1S/C5H10N2O3.ClH/c6-7-5(8)4-3-9-1-2-10-4;/h4H,1-3,6H2,(H,7,8);1H. The van der Waals surface area contributed by atoms with Crippen molar-refractivity contribution in [3.8, 4) is 0 Å². The van der Waals surface area contributed by atoms with E-state index in [2.05, 4.69) is 0 Å². The monoisotopic (exact) mass is 182 g/mol. The molecule has 3 N–H and O–H groups in total. The number of ether oxygens (including phenoxy) is 2. The molecule has 1 saturated heterocycles. The van der Waals surface area contributed by atoms with Crippen molar-refractivity contribution in [2.24, 2.45) is 5.84 Å². The molecule has 0 spiro atoms. The first kappa shape index (κ1) is 10.6. The van der Waals surface area contributed by atoms with Crippen LogP contribution in [0.4, 0.5) is 0 Å². The quantitative estimate of drug-likeness (QED) is 0.304. The molecule has 0 saturated carbocycles. The third-order valence-electron chi connectivity index (χ3n) is 1.25. The second-order valence-electron chi connectivity index (χ2n) is 1.94. The van der Waals surface area contributed by atoms with Gasteiger partial charge in [0.25, 0.3) is 5.91 Å². The van der Waals surface area contributed by atoms with Crippen LogP contribution in [0.15, 0.2) is 0 Å². The maximum atomic E-state index is 10.7. The van der Waals surface area contributed by atoms with Crippen molar-refractivity contribution in [1.82, 2.24) is 5.43 Å². The highest BCUT2D eigenvalue weighted by molar-refractivity contribution is 5.85. The van der Waals surface area contributed by atoms with E-state index in [4.69, 9.17) is 15.3 Å². The minimum atomic E-state index is -0.529. The number of nitrogens with one attached hydrogen (secondary N) is 1. The number of hydrazine groups is 1. The van der Waals surface area contributed by atoms with Crippen LogP contribution in [0, 0.1) is 0 Å². The van der Waals surface area contributed by atoms with E-state index in [-0.39, 0.29) is 18.3 Å². The summed E-state index contributed by atoms with van der Waals surface area (Å²) >= 11 is 0. The third kappa shape index (κ3) is 3.02. The predicted molar refractivity (Wildman–Crippen MR) is 40.1 cm³/mol. The Hall–Kier alpha value is -0.360. The Balaban J connectivity index is 0.000001000. The molecule has 0 bridgehead atoms. The van der Waals surface area contributed by atoms with Gasteiger partial charge in [-0.05, 0) is 0 Å². The van der Waals surface area contributed by atoms with E-state index in [9.17, 15) is 4.79 Å². The fourth-order valence-electron chi connectivity index (χ4n) is 0.732. The van der Waals surface area contributed by atoms with Crippen LogP contribution in [-0.4, -0.2) is 31.8 Å². The molecule has 1 fully saturated rings. The largest absolute Gasteiger partial charge is 0.376 e. The van der Waals surface area contributed by atoms with Crippen LogP contribution >= 0.6 is 12.4 Å². The number of carbonyl (C=O) groups excluding carboxylic acids is 1. The first-order chi connectivity index (χ1) is 4.84. The normalized spacial score (nSPS) is 23.5. The van der Waals surface area contributed by atoms with E-state index in [1.54, 1.807) is 0 Å². The van der Waals surface area contributed by atoms with Gasteiger partial charge in [-0.1, -0.05) is 0 Å². The van der Waals surface area contributed by atoms with Gasteiger partial charge in [-0.25, -0.2) is 5.84 Å². The lowest BCUT2D eigenvalue weighted by Crippen LogP contribution is -2.45. The summed E-state index contributed by atoms with van der Waals surface area (Å²) in [6.07, 6.45) is -0.529. The van der Waals surface area contributed by atoms with E-state index in [1.165, 1.54) is 0 Å². The van der Waals surface area contributed by atoms with Crippen molar-refractivity contribution in [2.45, 2.75) is 6.10 Å². The Morgan fingerprint density at radius 1 is 1.55 bits per heavy atom. The highest BCUT2D eigenvalue weighted by Gasteiger charge is 2.21. The molecule has 0 aromatic heterocycles. The molecule has 5 nitrogen and oxygen atoms in total. The summed E-state index contributed by atoms with van der Waals surface area (Å²) in [4.78, 5) is 10.7. The molecule has 0 aromatic carbocycles. The number of nitrogens with two attached hydrogens (primary N) is 1. The van der Waals surface area contributed by atoms with E-state index in [0.29, 0.717) is 19.8 Å². The van der Waals surface area contributed by atoms with Gasteiger partial charge in [0.05, 0.1) is 19.8 Å². The molecule has 1 unspecified atom stereocenters. The molecular weight excluding hydrogens is 172 g/mol. The number of amides is 1. The smallest absolute Gasteiger partial charge is 0.265 e. The van der Waals surface area contributed by atoms with Crippen LogP contribution in [0.5, 0.6) is 0 Å². The number of carbonyl (C=O) groups is 1. The average molecular weight is 183 g/mol. The second kappa shape index (κ2) is 5.31. The molecule has 1 aliphatic rings. The Morgan fingerprint density at radius 2 is 2.27 bits per heavy atom. The van der Waals surface area contributed by atoms with E-state index in [1.807, 2.05) is 5.43 Å². The van der Waals surface area contributed by atoms with Gasteiger partial charge in [0.1, 0.15) is 0 Å². The number of halogens is 1. The molecule has 66 valence electrons. The van der Waals surface area contributed by atoms with Crippen molar-refractivity contribution >= 4 is 18.3 Å². The SMILES string of the molecule is Cl.NNC(=O)C1COCCO1. The topological polar surface area (TPSA) is 73.6 Å². The first-order valence-corrected chi connectivity index (χ1v) is 3.04. The maximum Gasteiger partial charge on any atom is 0.265 e. The molecule has 6 heteroatoms. The first-order valence-electron chi connectivity index (χ1n) is 3.04. The summed E-state index contributed by atoms with van der Waals surface area (Å²) < 4.78 is 9.98. The summed E-state index contributed by atoms with van der Waals surface area (Å²) in [5, 5.41) is 0. The van der Waals surface area contributed by atoms with Gasteiger partial charge in [-0.2, -0.15) is 0 Å². The van der Waals surface area contributed by atoms with Crippen molar-refractivity contribution in [2.75, 3.05) is 19.8 Å². The Morgan fingerprint density at radius 3 is 2.73 bits per heavy atom. The molecule has 1 aliphatic heterocycles. The Bertz CT molecular complexity index is 127. The minimum absolute atomic E-state index is 0. The zero-order valence-electron chi connectivity index (χ0n) is 5.91. The lowest BCUT2D eigenvalue weighted by atomic mass is 10.3. The van der Waals surface area contributed by atoms with Gasteiger partial charge >= 0.3 is 0 Å². The van der Waals surface area contributed by atoms with Gasteiger partial charge in [0.2, 0.25) is 0 Å². The van der Waals surface area contributed by atoms with Crippen molar-refractivity contribution in [3.63, 3.8) is 0 Å². The molecule has 1 rings (SSSR count). The number of rotatable bonds is 1. The van der Waals surface area contributed by atoms with Crippen LogP contribution < -0.4 is 11.3 Å². The number of hydrogen-bond donors (Lipinski definition) is 2. The summed E-state index contributed by atoms with van der Waals surface area (Å²) in [5.41, 5.74) is 1.99. The molecule has 1 amide bonds. The fourth-order valence-corrected chi connectivity index (χ4v) is 0.732. The molecule has 11 heavy (non-hydrogen) atoms. The predicted octanol–water partition coefficient (Wildman–Crippen LogP) is -1.19. The van der Waals surface area contributed by atoms with Gasteiger partial charge in [-0.3, -0.25) is 10.2 Å². The van der Waals surface area contributed by atoms with Crippen LogP contribution in [0.3, 0.4) is 0 Å². The minimum Gasteiger partial charge on any atom is -0.376 e. The molecule has 0 radical (unpaired) electrons. The maximum absolute atomic E-state index is 10.7. The molecule has 1 heterocycles. The molecular formula is C5H11ClN2O3. The third-order valence-corrected chi connectivity index (χ3v) is 1.25. The van der Waals surface area contributed by atoms with Gasteiger partial charge in [-0.15, -0.1) is 12.4 Å². The summed E-state index contributed by atoms with van der Waals surface area (Å²) in [6.45, 7) is 1.30. The van der Waals surface area contributed by atoms with Gasteiger partial charge in [0, 0.05) is 0 Å². The highest BCUT2D eigenvalue weighted by atomic mass is 35.5. The summed E-state index contributed by atoms with van der Waals surface area (Å²) in [5.74, 6) is 4.53. The molecule has 1 atom stereocenters. The van der Waals surface area contributed by atoms with Gasteiger partial charge < -0.3 is 9.47 Å². The van der Waals surface area contributed by atoms with Crippen molar-refractivity contribution < 1.29 is 14.3 Å². The van der Waals surface area contributed by atoms with Crippen LogP contribution in [0.25, 0.3) is 0 Å². The van der Waals surface area contributed by atoms with E-state index >= 15 is 0 Å². The summed E-state index contributed by atoms with van der Waals surface area (Å²) in [6, 6.07) is 0. The lowest BCUT2D eigenvalue weighted by Gasteiger charge is -2.20. The lowest BCUT2D eigenvalue weighted by molar-refractivity contribution is -0.147.